The zero-order chi connectivity index (χ0) is 27.0. The van der Waals surface area contributed by atoms with Gasteiger partial charge in [-0.25, -0.2) is 13.2 Å². The molecular weight excluding hydrogens is 522 g/mol. The smallest absolute Gasteiger partial charge is 0.339 e. The first kappa shape index (κ1) is 26.5. The monoisotopic (exact) mass is 553 g/mol. The van der Waals surface area contributed by atoms with Gasteiger partial charge in [-0.2, -0.15) is 4.31 Å². The van der Waals surface area contributed by atoms with Gasteiger partial charge >= 0.3 is 5.97 Å². The number of nitrogens with two attached hydrogens (primary N) is 1. The predicted octanol–water partition coefficient (Wildman–Crippen LogP) is 6.10. The number of anilines is 3. The molecule has 1 atom stereocenters. The molecule has 200 valence electrons. The van der Waals surface area contributed by atoms with E-state index in [1.807, 2.05) is 30.3 Å². The van der Waals surface area contributed by atoms with Crippen LogP contribution in [0.1, 0.15) is 42.5 Å². The van der Waals surface area contributed by atoms with Crippen LogP contribution in [-0.2, 0) is 14.8 Å². The number of benzene rings is 3. The topological polar surface area (TPSA) is 92.9 Å². The molecule has 38 heavy (non-hydrogen) atoms. The summed E-state index contributed by atoms with van der Waals surface area (Å²) < 4.78 is 34.8. The van der Waals surface area contributed by atoms with Gasteiger partial charge in [0.15, 0.2) is 0 Å². The number of carbonyl (C=O) groups is 1. The van der Waals surface area contributed by atoms with Crippen LogP contribution in [0.5, 0.6) is 0 Å². The molecule has 0 saturated heterocycles. The van der Waals surface area contributed by atoms with E-state index >= 15 is 0 Å². The lowest BCUT2D eigenvalue weighted by Gasteiger charge is -2.36. The quantitative estimate of drug-likeness (QED) is 0.310. The number of hydrogen-bond donors (Lipinski definition) is 1. The first-order valence-electron chi connectivity index (χ1n) is 12.8. The number of carbonyl (C=O) groups excluding carboxylic acids is 1. The van der Waals surface area contributed by atoms with Gasteiger partial charge in [-0.3, -0.25) is 0 Å². The Bertz CT molecular complexity index is 1460. The number of nitrogens with zero attached hydrogens (tertiary/aromatic N) is 2. The van der Waals surface area contributed by atoms with Crippen molar-refractivity contribution in [2.45, 2.75) is 43.0 Å². The van der Waals surface area contributed by atoms with Crippen LogP contribution in [0.2, 0.25) is 5.02 Å². The van der Waals surface area contributed by atoms with Crippen molar-refractivity contribution in [3.63, 3.8) is 0 Å². The number of hydrogen-bond acceptors (Lipinski definition) is 6. The Morgan fingerprint density at radius 3 is 2.42 bits per heavy atom. The molecule has 0 radical (unpaired) electrons. The summed E-state index contributed by atoms with van der Waals surface area (Å²) in [6.07, 6.45) is 5.44. The number of ether oxygens (including phenoxy) is 1. The lowest BCUT2D eigenvalue weighted by molar-refractivity contribution is 0.0602. The van der Waals surface area contributed by atoms with E-state index in [0.717, 1.165) is 31.4 Å². The minimum atomic E-state index is -3.87. The fourth-order valence-corrected chi connectivity index (χ4v) is 7.62. The average molecular weight is 554 g/mol. The molecule has 7 nitrogen and oxygen atoms in total. The van der Waals surface area contributed by atoms with Crippen LogP contribution in [0.25, 0.3) is 11.1 Å². The van der Waals surface area contributed by atoms with Crippen molar-refractivity contribution in [1.82, 2.24) is 4.31 Å². The highest BCUT2D eigenvalue weighted by molar-refractivity contribution is 7.89. The SMILES string of the molecule is COC(=O)c1cc(-c2cc3c(cc2Cl)N(c2ccccc2)C[C@@H](C2CCCCC2)N(C)S3(=O)=O)ccc1N. The number of halogens is 1. The molecule has 0 spiro atoms. The van der Waals surface area contributed by atoms with Crippen molar-refractivity contribution in [2.75, 3.05) is 31.3 Å². The molecule has 1 fully saturated rings. The van der Waals surface area contributed by atoms with E-state index in [4.69, 9.17) is 22.1 Å². The molecule has 0 unspecified atom stereocenters. The number of nitrogen functional groups attached to an aromatic ring is 1. The van der Waals surface area contributed by atoms with Crippen LogP contribution < -0.4 is 10.6 Å². The van der Waals surface area contributed by atoms with Gasteiger partial charge in [-0.15, -0.1) is 0 Å². The Hall–Kier alpha value is -3.07. The fraction of sp³-hybridized carbons (Fsp3) is 0.345. The highest BCUT2D eigenvalue weighted by atomic mass is 35.5. The summed E-state index contributed by atoms with van der Waals surface area (Å²) in [7, 11) is -0.887. The van der Waals surface area contributed by atoms with Crippen LogP contribution in [0.15, 0.2) is 65.6 Å². The first-order chi connectivity index (χ1) is 18.2. The molecule has 3 aromatic rings. The molecule has 2 N–H and O–H groups in total. The van der Waals surface area contributed by atoms with E-state index in [2.05, 4.69) is 4.90 Å². The van der Waals surface area contributed by atoms with Crippen molar-refractivity contribution in [3.05, 3.63) is 71.2 Å². The summed E-state index contributed by atoms with van der Waals surface area (Å²) >= 11 is 6.84. The van der Waals surface area contributed by atoms with Crippen LogP contribution >= 0.6 is 11.6 Å². The van der Waals surface area contributed by atoms with E-state index in [1.165, 1.54) is 13.5 Å². The number of sulfonamides is 1. The molecule has 1 heterocycles. The fourth-order valence-electron chi connectivity index (χ4n) is 5.74. The van der Waals surface area contributed by atoms with E-state index in [-0.39, 0.29) is 28.1 Å². The molecule has 1 aliphatic heterocycles. The molecule has 0 aromatic heterocycles. The maximum absolute atomic E-state index is 14.2. The molecule has 2 aliphatic rings. The van der Waals surface area contributed by atoms with E-state index < -0.39 is 16.0 Å². The minimum absolute atomic E-state index is 0.179. The minimum Gasteiger partial charge on any atom is -0.465 e. The summed E-state index contributed by atoms with van der Waals surface area (Å²) in [5.41, 5.74) is 8.98. The standard InChI is InChI=1S/C29H32ClN3O4S/c1-32-27(19-9-5-3-6-10-19)18-33(21-11-7-4-8-12-21)26-17-24(30)22(16-28(26)38(32,35)36)20-13-14-25(31)23(15-20)29(34)37-2/h4,7-8,11-17,19,27H,3,5-6,9-10,18,31H2,1-2H3/t27-/m0/s1. The van der Waals surface area contributed by atoms with Crippen LogP contribution in [0, 0.1) is 5.92 Å². The molecule has 3 aromatic carbocycles. The zero-order valence-electron chi connectivity index (χ0n) is 21.6. The summed E-state index contributed by atoms with van der Waals surface area (Å²) in [6, 6.07) is 17.9. The number of methoxy groups -OCH3 is 1. The van der Waals surface area contributed by atoms with Gasteiger partial charge in [0.2, 0.25) is 10.0 Å². The number of likely N-dealkylation sites (N-methyl/N-ethyl adjacent to an activating group) is 1. The second-order valence-corrected chi connectivity index (χ2v) is 12.4. The largest absolute Gasteiger partial charge is 0.465 e. The van der Waals surface area contributed by atoms with Crippen molar-refractivity contribution < 1.29 is 17.9 Å². The van der Waals surface area contributed by atoms with Gasteiger partial charge in [-0.1, -0.05) is 55.1 Å². The van der Waals surface area contributed by atoms with E-state index in [1.54, 1.807) is 41.7 Å². The van der Waals surface area contributed by atoms with E-state index in [0.29, 0.717) is 28.4 Å². The Morgan fingerprint density at radius 2 is 1.74 bits per heavy atom. The third kappa shape index (κ3) is 4.77. The number of fused-ring (bicyclic) bond motifs is 1. The van der Waals surface area contributed by atoms with E-state index in [9.17, 15) is 13.2 Å². The Kier molecular flexibility index (Phi) is 7.40. The van der Waals surface area contributed by atoms with Crippen molar-refractivity contribution in [3.8, 4) is 11.1 Å². The predicted molar refractivity (Wildman–Crippen MR) is 151 cm³/mol. The lowest BCUT2D eigenvalue weighted by Crippen LogP contribution is -2.46. The van der Waals surface area contributed by atoms with Crippen molar-refractivity contribution in [1.29, 1.82) is 0 Å². The average Bonchev–Trinajstić information content (AvgIpc) is 3.01. The van der Waals surface area contributed by atoms with Gasteiger partial charge in [-0.05, 0) is 60.7 Å². The zero-order valence-corrected chi connectivity index (χ0v) is 23.1. The number of rotatable bonds is 4. The number of esters is 1. The Balaban J connectivity index is 1.70. The van der Waals surface area contributed by atoms with Gasteiger partial charge in [0, 0.05) is 36.6 Å². The van der Waals surface area contributed by atoms with Gasteiger partial charge < -0.3 is 15.4 Å². The Morgan fingerprint density at radius 1 is 1.03 bits per heavy atom. The molecule has 0 bridgehead atoms. The molecule has 1 saturated carbocycles. The molecule has 9 heteroatoms. The summed E-state index contributed by atoms with van der Waals surface area (Å²) in [6.45, 7) is 0.529. The Labute approximate surface area is 229 Å². The molecule has 1 aliphatic carbocycles. The van der Waals surface area contributed by atoms with Crippen molar-refractivity contribution >= 4 is 44.7 Å². The van der Waals surface area contributed by atoms with Crippen LogP contribution in [-0.4, -0.2) is 45.4 Å². The summed E-state index contributed by atoms with van der Waals surface area (Å²) in [4.78, 5) is 14.5. The van der Waals surface area contributed by atoms with Gasteiger partial charge in [0.1, 0.15) is 4.90 Å². The van der Waals surface area contributed by atoms with Gasteiger partial charge in [0.25, 0.3) is 0 Å². The first-order valence-corrected chi connectivity index (χ1v) is 14.7. The molecular formula is C29H32ClN3O4S. The summed E-state index contributed by atoms with van der Waals surface area (Å²) in [5, 5.41) is 0.374. The van der Waals surface area contributed by atoms with Crippen LogP contribution in [0.3, 0.4) is 0 Å². The summed E-state index contributed by atoms with van der Waals surface area (Å²) in [5.74, 6) is -0.299. The normalized spacial score (nSPS) is 20.0. The third-order valence-electron chi connectivity index (χ3n) is 7.86. The van der Waals surface area contributed by atoms with Crippen LogP contribution in [0.4, 0.5) is 17.1 Å². The second kappa shape index (κ2) is 10.6. The second-order valence-electron chi connectivity index (χ2n) is 10.0. The lowest BCUT2D eigenvalue weighted by atomic mass is 9.83. The van der Waals surface area contributed by atoms with Crippen molar-refractivity contribution in [2.24, 2.45) is 5.92 Å². The number of para-hydroxylation sites is 1. The third-order valence-corrected chi connectivity index (χ3v) is 10.1. The maximum atomic E-state index is 14.2. The maximum Gasteiger partial charge on any atom is 0.339 e. The molecule has 5 rings (SSSR count). The highest BCUT2D eigenvalue weighted by Crippen LogP contribution is 2.44. The highest BCUT2D eigenvalue weighted by Gasteiger charge is 2.41. The van der Waals surface area contributed by atoms with Gasteiger partial charge in [0.05, 0.1) is 23.4 Å². The molecule has 0 amide bonds.